The highest BCUT2D eigenvalue weighted by Gasteiger charge is 2.31. The standard InChI is InChI=1S/C15H16FN3/c1-17-15(13-7-5-11(16)9-19-13)12-6-4-10-3-2-8-18-14(10)12/h2-3,5,7-9,12,15,17H,4,6H2,1H3. The zero-order valence-corrected chi connectivity index (χ0v) is 10.8. The summed E-state index contributed by atoms with van der Waals surface area (Å²) < 4.78 is 13.0. The van der Waals surface area contributed by atoms with Gasteiger partial charge in [-0.3, -0.25) is 9.97 Å². The van der Waals surface area contributed by atoms with E-state index in [9.17, 15) is 4.39 Å². The molecule has 1 N–H and O–H groups in total. The van der Waals surface area contributed by atoms with Gasteiger partial charge in [-0.1, -0.05) is 6.07 Å². The van der Waals surface area contributed by atoms with Crippen LogP contribution in [0.1, 0.15) is 35.3 Å². The summed E-state index contributed by atoms with van der Waals surface area (Å²) in [6.45, 7) is 0. The van der Waals surface area contributed by atoms with E-state index in [0.717, 1.165) is 24.2 Å². The fraction of sp³-hybridized carbons (Fsp3) is 0.333. The van der Waals surface area contributed by atoms with Gasteiger partial charge in [0.05, 0.1) is 17.9 Å². The number of hydrogen-bond acceptors (Lipinski definition) is 3. The van der Waals surface area contributed by atoms with Gasteiger partial charge in [0.15, 0.2) is 0 Å². The molecule has 0 radical (unpaired) electrons. The summed E-state index contributed by atoms with van der Waals surface area (Å²) in [6.07, 6.45) is 5.21. The lowest BCUT2D eigenvalue weighted by molar-refractivity contribution is 0.458. The van der Waals surface area contributed by atoms with Crippen molar-refractivity contribution in [2.45, 2.75) is 24.8 Å². The Morgan fingerprint density at radius 3 is 2.95 bits per heavy atom. The Kier molecular flexibility index (Phi) is 3.25. The first-order valence-corrected chi connectivity index (χ1v) is 6.52. The number of aromatic nitrogens is 2. The largest absolute Gasteiger partial charge is 0.311 e. The monoisotopic (exact) mass is 257 g/mol. The van der Waals surface area contributed by atoms with Crippen molar-refractivity contribution in [1.82, 2.24) is 15.3 Å². The molecule has 0 fully saturated rings. The molecule has 0 amide bonds. The van der Waals surface area contributed by atoms with Crippen molar-refractivity contribution in [3.63, 3.8) is 0 Å². The van der Waals surface area contributed by atoms with Crippen LogP contribution >= 0.6 is 0 Å². The van der Waals surface area contributed by atoms with E-state index in [1.54, 1.807) is 6.07 Å². The van der Waals surface area contributed by atoms with Crippen LogP contribution < -0.4 is 5.32 Å². The maximum absolute atomic E-state index is 13.0. The first kappa shape index (κ1) is 12.2. The number of aryl methyl sites for hydroxylation is 1. The van der Waals surface area contributed by atoms with E-state index in [2.05, 4.69) is 21.4 Å². The van der Waals surface area contributed by atoms with Crippen LogP contribution in [0.5, 0.6) is 0 Å². The Labute approximate surface area is 111 Å². The topological polar surface area (TPSA) is 37.8 Å². The molecular weight excluding hydrogens is 241 g/mol. The molecule has 0 aliphatic heterocycles. The normalized spacial score (nSPS) is 19.2. The third-order valence-electron chi connectivity index (χ3n) is 3.78. The molecule has 2 heterocycles. The van der Waals surface area contributed by atoms with Gasteiger partial charge >= 0.3 is 0 Å². The number of nitrogens with zero attached hydrogens (tertiary/aromatic N) is 2. The van der Waals surface area contributed by atoms with Crippen LogP contribution in [0.15, 0.2) is 36.7 Å². The molecule has 3 rings (SSSR count). The second-order valence-electron chi connectivity index (χ2n) is 4.86. The predicted molar refractivity (Wildman–Crippen MR) is 71.3 cm³/mol. The lowest BCUT2D eigenvalue weighted by atomic mass is 9.94. The molecule has 0 aromatic carbocycles. The van der Waals surface area contributed by atoms with Crippen molar-refractivity contribution in [1.29, 1.82) is 0 Å². The van der Waals surface area contributed by atoms with E-state index < -0.39 is 0 Å². The molecule has 0 spiro atoms. The van der Waals surface area contributed by atoms with E-state index in [4.69, 9.17) is 0 Å². The minimum absolute atomic E-state index is 0.0803. The van der Waals surface area contributed by atoms with Gasteiger partial charge in [-0.15, -0.1) is 0 Å². The first-order chi connectivity index (χ1) is 9.29. The average Bonchev–Trinajstić information content (AvgIpc) is 2.86. The van der Waals surface area contributed by atoms with Gasteiger partial charge < -0.3 is 5.32 Å². The first-order valence-electron chi connectivity index (χ1n) is 6.52. The van der Waals surface area contributed by atoms with Gasteiger partial charge in [0.1, 0.15) is 5.82 Å². The third kappa shape index (κ3) is 2.24. The van der Waals surface area contributed by atoms with Gasteiger partial charge in [-0.05, 0) is 43.7 Å². The zero-order valence-electron chi connectivity index (χ0n) is 10.8. The summed E-state index contributed by atoms with van der Waals surface area (Å²) in [5.41, 5.74) is 3.33. The minimum Gasteiger partial charge on any atom is -0.311 e. The third-order valence-corrected chi connectivity index (χ3v) is 3.78. The van der Waals surface area contributed by atoms with E-state index in [-0.39, 0.29) is 11.9 Å². The van der Waals surface area contributed by atoms with E-state index >= 15 is 0 Å². The second kappa shape index (κ2) is 5.05. The van der Waals surface area contributed by atoms with Crippen molar-refractivity contribution in [3.8, 4) is 0 Å². The fourth-order valence-electron chi connectivity index (χ4n) is 2.89. The fourth-order valence-corrected chi connectivity index (χ4v) is 2.89. The van der Waals surface area contributed by atoms with E-state index in [1.807, 2.05) is 19.3 Å². The Hall–Kier alpha value is -1.81. The lowest BCUT2D eigenvalue weighted by Gasteiger charge is -2.22. The average molecular weight is 257 g/mol. The molecule has 2 aromatic heterocycles. The molecule has 0 saturated heterocycles. The Morgan fingerprint density at radius 1 is 1.32 bits per heavy atom. The number of pyridine rings is 2. The van der Waals surface area contributed by atoms with Gasteiger partial charge in [-0.25, -0.2) is 4.39 Å². The highest BCUT2D eigenvalue weighted by atomic mass is 19.1. The smallest absolute Gasteiger partial charge is 0.141 e. The molecule has 2 unspecified atom stereocenters. The highest BCUT2D eigenvalue weighted by Crippen LogP contribution is 2.39. The van der Waals surface area contributed by atoms with Crippen molar-refractivity contribution in [2.24, 2.45) is 0 Å². The number of hydrogen-bond donors (Lipinski definition) is 1. The van der Waals surface area contributed by atoms with Crippen LogP contribution in [-0.2, 0) is 6.42 Å². The number of rotatable bonds is 3. The summed E-state index contributed by atoms with van der Waals surface area (Å²) in [6, 6.07) is 7.40. The number of nitrogens with one attached hydrogen (secondary N) is 1. The van der Waals surface area contributed by atoms with E-state index in [1.165, 1.54) is 17.8 Å². The second-order valence-corrected chi connectivity index (χ2v) is 4.86. The molecule has 4 heteroatoms. The molecule has 1 aliphatic carbocycles. The zero-order chi connectivity index (χ0) is 13.2. The Balaban J connectivity index is 1.94. The molecule has 2 aromatic rings. The molecule has 3 nitrogen and oxygen atoms in total. The van der Waals surface area contributed by atoms with Crippen molar-refractivity contribution >= 4 is 0 Å². The van der Waals surface area contributed by atoms with Crippen LogP contribution in [0.2, 0.25) is 0 Å². The van der Waals surface area contributed by atoms with E-state index in [0.29, 0.717) is 5.92 Å². The molecule has 1 aliphatic rings. The van der Waals surface area contributed by atoms with Crippen LogP contribution in [0.4, 0.5) is 4.39 Å². The van der Waals surface area contributed by atoms with Crippen LogP contribution in [-0.4, -0.2) is 17.0 Å². The van der Waals surface area contributed by atoms with Crippen molar-refractivity contribution < 1.29 is 4.39 Å². The molecular formula is C15H16FN3. The Morgan fingerprint density at radius 2 is 2.21 bits per heavy atom. The van der Waals surface area contributed by atoms with Gasteiger partial charge in [0.25, 0.3) is 0 Å². The SMILES string of the molecule is CNC(c1ccc(F)cn1)C1CCc2cccnc21. The van der Waals surface area contributed by atoms with Crippen molar-refractivity contribution in [2.75, 3.05) is 7.05 Å². The summed E-state index contributed by atoms with van der Waals surface area (Å²) in [4.78, 5) is 8.71. The number of likely N-dealkylation sites (N-methyl/N-ethyl adjacent to an activating group) is 1. The maximum atomic E-state index is 13.0. The quantitative estimate of drug-likeness (QED) is 0.918. The van der Waals surface area contributed by atoms with Gasteiger partial charge in [0.2, 0.25) is 0 Å². The van der Waals surface area contributed by atoms with Gasteiger partial charge in [0, 0.05) is 17.8 Å². The lowest BCUT2D eigenvalue weighted by Crippen LogP contribution is -2.24. The number of halogens is 1. The molecule has 2 atom stereocenters. The maximum Gasteiger partial charge on any atom is 0.141 e. The van der Waals surface area contributed by atoms with Crippen LogP contribution in [0.3, 0.4) is 0 Å². The Bertz CT molecular complexity index is 568. The summed E-state index contributed by atoms with van der Waals surface area (Å²) in [5, 5.41) is 3.30. The molecule has 0 bridgehead atoms. The molecule has 98 valence electrons. The molecule has 0 saturated carbocycles. The highest BCUT2D eigenvalue weighted by molar-refractivity contribution is 5.31. The predicted octanol–water partition coefficient (Wildman–Crippen LogP) is 2.61. The molecule has 19 heavy (non-hydrogen) atoms. The summed E-state index contributed by atoms with van der Waals surface area (Å²) in [5.74, 6) is 0.00251. The minimum atomic E-state index is -0.302. The van der Waals surface area contributed by atoms with Crippen molar-refractivity contribution in [3.05, 3.63) is 59.4 Å². The van der Waals surface area contributed by atoms with Crippen LogP contribution in [0, 0.1) is 5.82 Å². The van der Waals surface area contributed by atoms with Crippen LogP contribution in [0.25, 0.3) is 0 Å². The van der Waals surface area contributed by atoms with Gasteiger partial charge in [-0.2, -0.15) is 0 Å². The number of fused-ring (bicyclic) bond motifs is 1. The summed E-state index contributed by atoms with van der Waals surface area (Å²) in [7, 11) is 1.91. The summed E-state index contributed by atoms with van der Waals surface area (Å²) >= 11 is 0.